The summed E-state index contributed by atoms with van der Waals surface area (Å²) in [6.45, 7) is 1.77. The van der Waals surface area contributed by atoms with Gasteiger partial charge >= 0.3 is 5.97 Å². The maximum atomic E-state index is 13.5. The highest BCUT2D eigenvalue weighted by molar-refractivity contribution is 5.93. The second-order valence-electron chi connectivity index (χ2n) is 6.68. The summed E-state index contributed by atoms with van der Waals surface area (Å²) in [5.41, 5.74) is -0.876. The van der Waals surface area contributed by atoms with Gasteiger partial charge in [0.2, 0.25) is 0 Å². The molecule has 1 aromatic carbocycles. The monoisotopic (exact) mass is 361 g/mol. The van der Waals surface area contributed by atoms with Crippen LogP contribution in [0.2, 0.25) is 0 Å². The van der Waals surface area contributed by atoms with E-state index in [-0.39, 0.29) is 37.5 Å². The Morgan fingerprint density at radius 3 is 2.85 bits per heavy atom. The number of hydrogen-bond donors (Lipinski definition) is 3. The lowest BCUT2D eigenvalue weighted by atomic mass is 9.72. The fourth-order valence-corrected chi connectivity index (χ4v) is 3.42. The number of aryl methyl sites for hydroxylation is 1. The summed E-state index contributed by atoms with van der Waals surface area (Å²) in [5, 5.41) is 20.3. The number of hydrogen-bond acceptors (Lipinski definition) is 4. The van der Waals surface area contributed by atoms with Gasteiger partial charge in [-0.15, -0.1) is 0 Å². The first-order chi connectivity index (χ1) is 12.3. The van der Waals surface area contributed by atoms with Gasteiger partial charge in [0.15, 0.2) is 0 Å². The lowest BCUT2D eigenvalue weighted by Gasteiger charge is -2.43. The van der Waals surface area contributed by atoms with Gasteiger partial charge in [-0.25, -0.2) is 9.37 Å². The molecule has 8 heteroatoms. The van der Waals surface area contributed by atoms with Crippen LogP contribution in [0, 0.1) is 18.2 Å². The highest BCUT2D eigenvalue weighted by Crippen LogP contribution is 2.35. The molecule has 2 aromatic rings. The number of amides is 1. The molecule has 1 saturated heterocycles. The third-order valence-corrected chi connectivity index (χ3v) is 4.84. The van der Waals surface area contributed by atoms with E-state index in [1.165, 1.54) is 29.3 Å². The Bertz CT molecular complexity index is 837. The first-order valence-electron chi connectivity index (χ1n) is 8.28. The van der Waals surface area contributed by atoms with Crippen LogP contribution in [0.15, 0.2) is 30.5 Å². The number of nitrogens with zero attached hydrogens (tertiary/aromatic N) is 2. The van der Waals surface area contributed by atoms with Crippen molar-refractivity contribution < 1.29 is 24.2 Å². The molecule has 2 heterocycles. The zero-order chi connectivity index (χ0) is 18.9. The van der Waals surface area contributed by atoms with E-state index >= 15 is 0 Å². The van der Waals surface area contributed by atoms with Gasteiger partial charge in [-0.3, -0.25) is 9.59 Å². The summed E-state index contributed by atoms with van der Waals surface area (Å²) in [4.78, 5) is 32.9. The number of aliphatic hydroxyl groups is 1. The third-order valence-electron chi connectivity index (χ3n) is 4.84. The SMILES string of the molecule is Cc1ncc(C(=O)N2CC[C@@H](O)[C@](Cc3cccc(F)c3)(C(=O)O)C2)[nH]1. The second-order valence-corrected chi connectivity index (χ2v) is 6.68. The molecular weight excluding hydrogens is 341 g/mol. The minimum Gasteiger partial charge on any atom is -0.481 e. The number of imidazole rings is 1. The molecule has 0 saturated carbocycles. The topological polar surface area (TPSA) is 107 Å². The smallest absolute Gasteiger partial charge is 0.314 e. The number of H-pyrrole nitrogens is 1. The van der Waals surface area contributed by atoms with Gasteiger partial charge in [-0.05, 0) is 37.5 Å². The van der Waals surface area contributed by atoms with Crippen molar-refractivity contribution in [3.05, 3.63) is 53.4 Å². The summed E-state index contributed by atoms with van der Waals surface area (Å²) in [5.74, 6) is -1.49. The van der Waals surface area contributed by atoms with Gasteiger partial charge in [0.25, 0.3) is 5.91 Å². The molecule has 3 N–H and O–H groups in total. The minimum atomic E-state index is -1.60. The Morgan fingerprint density at radius 1 is 1.46 bits per heavy atom. The van der Waals surface area contributed by atoms with Gasteiger partial charge in [-0.2, -0.15) is 0 Å². The number of nitrogens with one attached hydrogen (secondary N) is 1. The van der Waals surface area contributed by atoms with Crippen molar-refractivity contribution in [2.45, 2.75) is 25.9 Å². The van der Waals surface area contributed by atoms with Gasteiger partial charge in [-0.1, -0.05) is 12.1 Å². The second kappa shape index (κ2) is 6.87. The van der Waals surface area contributed by atoms with Crippen molar-refractivity contribution in [1.82, 2.24) is 14.9 Å². The number of aliphatic hydroxyl groups excluding tert-OH is 1. The molecule has 1 amide bonds. The van der Waals surface area contributed by atoms with Crippen LogP contribution in [-0.2, 0) is 11.2 Å². The molecule has 1 aliphatic heterocycles. The zero-order valence-corrected chi connectivity index (χ0v) is 14.3. The maximum absolute atomic E-state index is 13.5. The van der Waals surface area contributed by atoms with E-state index in [0.29, 0.717) is 11.4 Å². The molecule has 1 fully saturated rings. The number of halogens is 1. The van der Waals surface area contributed by atoms with Gasteiger partial charge in [0.05, 0.1) is 12.3 Å². The number of carbonyl (C=O) groups is 2. The minimum absolute atomic E-state index is 0.0763. The number of piperidine rings is 1. The van der Waals surface area contributed by atoms with Gasteiger partial charge in [0, 0.05) is 13.1 Å². The van der Waals surface area contributed by atoms with Crippen molar-refractivity contribution >= 4 is 11.9 Å². The Hall–Kier alpha value is -2.74. The average Bonchev–Trinajstić information content (AvgIpc) is 3.02. The Morgan fingerprint density at radius 2 is 2.23 bits per heavy atom. The van der Waals surface area contributed by atoms with Crippen LogP contribution in [0.5, 0.6) is 0 Å². The Kier molecular flexibility index (Phi) is 4.78. The summed E-state index contributed by atoms with van der Waals surface area (Å²) >= 11 is 0. The molecule has 0 bridgehead atoms. The summed E-state index contributed by atoms with van der Waals surface area (Å²) < 4.78 is 13.5. The number of carbonyl (C=O) groups excluding carboxylic acids is 1. The van der Waals surface area contributed by atoms with E-state index in [1.54, 1.807) is 13.0 Å². The van der Waals surface area contributed by atoms with Crippen molar-refractivity contribution in [2.24, 2.45) is 5.41 Å². The summed E-state index contributed by atoms with van der Waals surface area (Å²) in [6, 6.07) is 5.62. The van der Waals surface area contributed by atoms with E-state index in [2.05, 4.69) is 9.97 Å². The maximum Gasteiger partial charge on any atom is 0.314 e. The number of aliphatic carboxylic acids is 1. The molecule has 138 valence electrons. The highest BCUT2D eigenvalue weighted by Gasteiger charge is 2.50. The van der Waals surface area contributed by atoms with Crippen molar-refractivity contribution in [1.29, 1.82) is 0 Å². The van der Waals surface area contributed by atoms with Crippen LogP contribution >= 0.6 is 0 Å². The third kappa shape index (κ3) is 3.32. The summed E-state index contributed by atoms with van der Waals surface area (Å²) in [7, 11) is 0. The van der Waals surface area contributed by atoms with Gasteiger partial charge < -0.3 is 20.1 Å². The number of aromatic nitrogens is 2. The van der Waals surface area contributed by atoms with E-state index in [9.17, 15) is 24.2 Å². The molecular formula is C18H20FN3O4. The largest absolute Gasteiger partial charge is 0.481 e. The van der Waals surface area contributed by atoms with E-state index < -0.39 is 23.3 Å². The van der Waals surface area contributed by atoms with E-state index in [1.807, 2.05) is 0 Å². The average molecular weight is 361 g/mol. The molecule has 0 unspecified atom stereocenters. The Balaban J connectivity index is 1.90. The van der Waals surface area contributed by atoms with Crippen LogP contribution in [-0.4, -0.2) is 56.2 Å². The number of benzene rings is 1. The lowest BCUT2D eigenvalue weighted by molar-refractivity contribution is -0.161. The zero-order valence-electron chi connectivity index (χ0n) is 14.3. The number of aromatic amines is 1. The van der Waals surface area contributed by atoms with Crippen LogP contribution in [0.25, 0.3) is 0 Å². The number of carboxylic acid groups (broad SMARTS) is 1. The Labute approximate surface area is 149 Å². The van der Waals surface area contributed by atoms with Crippen LogP contribution in [0.4, 0.5) is 4.39 Å². The normalized spacial score (nSPS) is 23.0. The summed E-state index contributed by atoms with van der Waals surface area (Å²) in [6.07, 6.45) is 0.307. The van der Waals surface area contributed by atoms with Crippen LogP contribution in [0.3, 0.4) is 0 Å². The first kappa shape index (κ1) is 18.1. The van der Waals surface area contributed by atoms with Crippen LogP contribution < -0.4 is 0 Å². The molecule has 1 aromatic heterocycles. The molecule has 0 spiro atoms. The standard InChI is InChI=1S/C18H20FN3O4/c1-11-20-9-14(21-11)16(24)22-6-5-15(23)18(10-22,17(25)26)8-12-3-2-4-13(19)7-12/h2-4,7,9,15,23H,5-6,8,10H2,1H3,(H,20,21)(H,25,26)/t15-,18-/m1/s1. The number of likely N-dealkylation sites (tertiary alicyclic amines) is 1. The quantitative estimate of drug-likeness (QED) is 0.763. The molecule has 7 nitrogen and oxygen atoms in total. The lowest BCUT2D eigenvalue weighted by Crippen LogP contribution is -2.58. The molecule has 0 aliphatic carbocycles. The number of rotatable bonds is 4. The molecule has 0 radical (unpaired) electrons. The number of carboxylic acids is 1. The van der Waals surface area contributed by atoms with E-state index in [4.69, 9.17) is 0 Å². The fourth-order valence-electron chi connectivity index (χ4n) is 3.42. The first-order valence-corrected chi connectivity index (χ1v) is 8.28. The molecule has 3 rings (SSSR count). The van der Waals surface area contributed by atoms with Crippen molar-refractivity contribution in [3.8, 4) is 0 Å². The fraction of sp³-hybridized carbons (Fsp3) is 0.389. The van der Waals surface area contributed by atoms with Crippen LogP contribution in [0.1, 0.15) is 28.3 Å². The molecule has 1 aliphatic rings. The van der Waals surface area contributed by atoms with Crippen molar-refractivity contribution in [3.63, 3.8) is 0 Å². The predicted octanol–water partition coefficient (Wildman–Crippen LogP) is 1.38. The van der Waals surface area contributed by atoms with E-state index in [0.717, 1.165) is 0 Å². The molecule has 26 heavy (non-hydrogen) atoms. The predicted molar refractivity (Wildman–Crippen MR) is 90.0 cm³/mol. The van der Waals surface area contributed by atoms with Gasteiger partial charge in [0.1, 0.15) is 22.8 Å². The highest BCUT2D eigenvalue weighted by atomic mass is 19.1. The van der Waals surface area contributed by atoms with Crippen molar-refractivity contribution in [2.75, 3.05) is 13.1 Å². The molecule has 2 atom stereocenters.